The lowest BCUT2D eigenvalue weighted by Gasteiger charge is -2.21. The number of rotatable bonds is 5. The lowest BCUT2D eigenvalue weighted by molar-refractivity contribution is -0.125. The van der Waals surface area contributed by atoms with Crippen LogP contribution in [-0.4, -0.2) is 44.3 Å². The predicted octanol–water partition coefficient (Wildman–Crippen LogP) is 4.88. The van der Waals surface area contributed by atoms with Gasteiger partial charge in [-0.2, -0.15) is 0 Å². The highest BCUT2D eigenvalue weighted by molar-refractivity contribution is 7.17. The van der Waals surface area contributed by atoms with E-state index in [9.17, 15) is 14.0 Å². The van der Waals surface area contributed by atoms with E-state index in [4.69, 9.17) is 4.42 Å². The van der Waals surface area contributed by atoms with Crippen molar-refractivity contribution in [2.24, 2.45) is 0 Å². The number of halogens is 1. The van der Waals surface area contributed by atoms with Crippen LogP contribution in [0.1, 0.15) is 35.0 Å². The summed E-state index contributed by atoms with van der Waals surface area (Å²) in [7, 11) is 0. The third-order valence-corrected chi connectivity index (χ3v) is 7.05. The predicted molar refractivity (Wildman–Crippen MR) is 127 cm³/mol. The minimum Gasteiger partial charge on any atom is -0.443 e. The van der Waals surface area contributed by atoms with Crippen molar-refractivity contribution in [3.63, 3.8) is 0 Å². The Balaban J connectivity index is 1.46. The Morgan fingerprint density at radius 1 is 1.24 bits per heavy atom. The number of nitrogens with zero attached hydrogens (tertiary/aromatic N) is 4. The standard InChI is InChI=1S/C24H22FN5O3S/c1-2-21(31)29-11-4-5-15(10-12-29)30-17-7-3-6-16(25)22(17)27-24(30)28-23(32)20-9-8-19(34-20)18-13-26-14-33-18/h2-3,6-9,13-15H,1,4-5,10-12H2,(H,27,28,32)/t15-/m1/s1. The molecule has 1 saturated heterocycles. The summed E-state index contributed by atoms with van der Waals surface area (Å²) >= 11 is 1.27. The van der Waals surface area contributed by atoms with Crippen molar-refractivity contribution in [1.29, 1.82) is 0 Å². The number of thiophene rings is 1. The van der Waals surface area contributed by atoms with Crippen molar-refractivity contribution < 1.29 is 18.4 Å². The first-order valence-electron chi connectivity index (χ1n) is 10.9. The van der Waals surface area contributed by atoms with Gasteiger partial charge in [-0.25, -0.2) is 14.4 Å². The van der Waals surface area contributed by atoms with E-state index < -0.39 is 5.82 Å². The Kier molecular flexibility index (Phi) is 5.97. The number of anilines is 1. The van der Waals surface area contributed by atoms with Crippen LogP contribution < -0.4 is 5.32 Å². The van der Waals surface area contributed by atoms with Crippen molar-refractivity contribution in [1.82, 2.24) is 19.4 Å². The molecule has 0 spiro atoms. The highest BCUT2D eigenvalue weighted by Gasteiger charge is 2.26. The molecule has 1 N–H and O–H groups in total. The molecule has 4 aromatic rings. The number of hydrogen-bond donors (Lipinski definition) is 1. The van der Waals surface area contributed by atoms with E-state index in [2.05, 4.69) is 21.9 Å². The second-order valence-corrected chi connectivity index (χ2v) is 9.09. The lowest BCUT2D eigenvalue weighted by atomic mass is 10.1. The molecule has 1 atom stereocenters. The van der Waals surface area contributed by atoms with Crippen LogP contribution in [0.15, 0.2) is 60.0 Å². The van der Waals surface area contributed by atoms with Gasteiger partial charge in [-0.3, -0.25) is 14.9 Å². The molecule has 2 amide bonds. The van der Waals surface area contributed by atoms with Crippen LogP contribution in [0.3, 0.4) is 0 Å². The number of oxazole rings is 1. The van der Waals surface area contributed by atoms with Crippen molar-refractivity contribution in [2.45, 2.75) is 25.3 Å². The number of hydrogen-bond acceptors (Lipinski definition) is 6. The molecule has 3 aromatic heterocycles. The molecule has 174 valence electrons. The van der Waals surface area contributed by atoms with Gasteiger partial charge >= 0.3 is 0 Å². The van der Waals surface area contributed by atoms with E-state index in [1.165, 1.54) is 29.9 Å². The lowest BCUT2D eigenvalue weighted by Crippen LogP contribution is -2.30. The average molecular weight is 480 g/mol. The molecule has 0 bridgehead atoms. The molecule has 10 heteroatoms. The molecule has 4 heterocycles. The van der Waals surface area contributed by atoms with Gasteiger partial charge in [0.05, 0.1) is 21.5 Å². The molecule has 5 rings (SSSR count). The maximum absolute atomic E-state index is 14.6. The highest BCUT2D eigenvalue weighted by atomic mass is 32.1. The van der Waals surface area contributed by atoms with E-state index in [1.54, 1.807) is 35.4 Å². The number of likely N-dealkylation sites (tertiary alicyclic amines) is 1. The van der Waals surface area contributed by atoms with E-state index in [0.29, 0.717) is 35.7 Å². The maximum Gasteiger partial charge on any atom is 0.268 e. The zero-order valence-corrected chi connectivity index (χ0v) is 19.1. The third-order valence-electron chi connectivity index (χ3n) is 5.95. The van der Waals surface area contributed by atoms with Gasteiger partial charge in [0.1, 0.15) is 5.52 Å². The van der Waals surface area contributed by atoms with Gasteiger partial charge in [0.25, 0.3) is 5.91 Å². The van der Waals surface area contributed by atoms with E-state index >= 15 is 0 Å². The summed E-state index contributed by atoms with van der Waals surface area (Å²) in [5.74, 6) is -0.0306. The second kappa shape index (κ2) is 9.22. The minimum absolute atomic E-state index is 0.0576. The summed E-state index contributed by atoms with van der Waals surface area (Å²) in [6.45, 7) is 4.75. The fraction of sp³-hybridized carbons (Fsp3) is 0.250. The van der Waals surface area contributed by atoms with Gasteiger partial charge in [0.2, 0.25) is 11.9 Å². The summed E-state index contributed by atoms with van der Waals surface area (Å²) in [5, 5.41) is 2.88. The molecule has 0 aliphatic carbocycles. The molecule has 1 aromatic carbocycles. The number of amides is 2. The van der Waals surface area contributed by atoms with Gasteiger partial charge in [0.15, 0.2) is 18.0 Å². The van der Waals surface area contributed by atoms with Crippen LogP contribution >= 0.6 is 11.3 Å². The van der Waals surface area contributed by atoms with Gasteiger partial charge in [-0.1, -0.05) is 12.6 Å². The number of carbonyl (C=O) groups is 2. The molecule has 34 heavy (non-hydrogen) atoms. The maximum atomic E-state index is 14.6. The van der Waals surface area contributed by atoms with Crippen LogP contribution in [0.4, 0.5) is 10.3 Å². The topological polar surface area (TPSA) is 93.3 Å². The van der Waals surface area contributed by atoms with Crippen LogP contribution in [0.25, 0.3) is 21.7 Å². The van der Waals surface area contributed by atoms with Crippen LogP contribution in [0.2, 0.25) is 0 Å². The Bertz CT molecular complexity index is 1360. The zero-order chi connectivity index (χ0) is 23.7. The molecule has 8 nitrogen and oxygen atoms in total. The van der Waals surface area contributed by atoms with Crippen molar-refractivity contribution in [2.75, 3.05) is 18.4 Å². The fourth-order valence-corrected chi connectivity index (χ4v) is 5.17. The summed E-state index contributed by atoms with van der Waals surface area (Å²) in [4.78, 5) is 36.5. The molecule has 1 fully saturated rings. The Hall–Kier alpha value is -3.79. The van der Waals surface area contributed by atoms with Crippen molar-refractivity contribution in [3.8, 4) is 10.6 Å². The number of benzene rings is 1. The van der Waals surface area contributed by atoms with Gasteiger partial charge in [0, 0.05) is 19.1 Å². The van der Waals surface area contributed by atoms with Crippen LogP contribution in [-0.2, 0) is 4.79 Å². The average Bonchev–Trinajstić information content (AvgIpc) is 3.57. The first kappa shape index (κ1) is 22.0. The van der Waals surface area contributed by atoms with Crippen molar-refractivity contribution >= 4 is 40.1 Å². The first-order valence-corrected chi connectivity index (χ1v) is 11.7. The van der Waals surface area contributed by atoms with Crippen LogP contribution in [0.5, 0.6) is 0 Å². The van der Waals surface area contributed by atoms with Crippen LogP contribution in [0, 0.1) is 5.82 Å². The second-order valence-electron chi connectivity index (χ2n) is 8.01. The number of carbonyl (C=O) groups excluding carboxylic acids is 2. The number of aromatic nitrogens is 3. The summed E-state index contributed by atoms with van der Waals surface area (Å²) in [5.41, 5.74) is 0.812. The zero-order valence-electron chi connectivity index (χ0n) is 18.2. The molecule has 0 saturated carbocycles. The largest absolute Gasteiger partial charge is 0.443 e. The minimum atomic E-state index is -0.451. The highest BCUT2D eigenvalue weighted by Crippen LogP contribution is 2.33. The normalized spacial score (nSPS) is 16.4. The number of imidazole rings is 1. The SMILES string of the molecule is C=CC(=O)N1CCC[C@@H](n2c(NC(=O)c3ccc(-c4cnco4)s3)nc3c(F)cccc32)CC1. The first-order chi connectivity index (χ1) is 16.5. The quantitative estimate of drug-likeness (QED) is 0.412. The van der Waals surface area contributed by atoms with Gasteiger partial charge in [-0.15, -0.1) is 11.3 Å². The van der Waals surface area contributed by atoms with Gasteiger partial charge < -0.3 is 13.9 Å². The molecule has 0 radical (unpaired) electrons. The van der Waals surface area contributed by atoms with E-state index in [-0.39, 0.29) is 29.3 Å². The molecule has 1 aliphatic heterocycles. The Morgan fingerprint density at radius 3 is 2.91 bits per heavy atom. The van der Waals surface area contributed by atoms with E-state index in [0.717, 1.165) is 17.7 Å². The fourth-order valence-electron chi connectivity index (χ4n) is 4.32. The number of fused-ring (bicyclic) bond motifs is 1. The van der Waals surface area contributed by atoms with Crippen molar-refractivity contribution in [3.05, 3.63) is 66.3 Å². The third kappa shape index (κ3) is 4.12. The van der Waals surface area contributed by atoms with Gasteiger partial charge in [-0.05, 0) is 49.6 Å². The smallest absolute Gasteiger partial charge is 0.268 e. The van der Waals surface area contributed by atoms with E-state index in [1.807, 2.05) is 4.57 Å². The summed E-state index contributed by atoms with van der Waals surface area (Å²) in [6.07, 6.45) is 6.43. The molecular formula is C24H22FN5O3S. The molecule has 0 unspecified atom stereocenters. The summed E-state index contributed by atoms with van der Waals surface area (Å²) < 4.78 is 21.8. The Labute approximate surface area is 198 Å². The summed E-state index contributed by atoms with van der Waals surface area (Å²) in [6, 6.07) is 8.22. The molecule has 1 aliphatic rings. The Morgan fingerprint density at radius 2 is 2.12 bits per heavy atom. The number of nitrogens with one attached hydrogen (secondary N) is 1. The molecular weight excluding hydrogens is 457 g/mol. The monoisotopic (exact) mass is 479 g/mol. The number of para-hydroxylation sites is 1.